The lowest BCUT2D eigenvalue weighted by atomic mass is 10.1. The molecule has 0 radical (unpaired) electrons. The van der Waals surface area contributed by atoms with Crippen molar-refractivity contribution in [1.29, 1.82) is 5.41 Å². The van der Waals surface area contributed by atoms with Crippen molar-refractivity contribution in [3.8, 4) is 5.75 Å². The molecule has 3 rings (SSSR count). The number of carbonyl (C=O) groups is 1. The van der Waals surface area contributed by atoms with E-state index in [1.807, 2.05) is 0 Å². The van der Waals surface area contributed by atoms with Crippen molar-refractivity contribution in [1.82, 2.24) is 0 Å². The van der Waals surface area contributed by atoms with Crippen LogP contribution in [0.25, 0.3) is 11.0 Å². The third kappa shape index (κ3) is 3.22. The highest BCUT2D eigenvalue weighted by molar-refractivity contribution is 6.35. The van der Waals surface area contributed by atoms with Gasteiger partial charge in [0.1, 0.15) is 16.9 Å². The van der Waals surface area contributed by atoms with Gasteiger partial charge in [0.05, 0.1) is 17.8 Å². The maximum absolute atomic E-state index is 12.5. The molecule has 0 atom stereocenters. The molecule has 0 aliphatic rings. The summed E-state index contributed by atoms with van der Waals surface area (Å²) in [5, 5.41) is 12.0. The predicted octanol–water partition coefficient (Wildman–Crippen LogP) is 4.48. The summed E-state index contributed by atoms with van der Waals surface area (Å²) in [7, 11) is 1.55. The summed E-state index contributed by atoms with van der Waals surface area (Å²) in [4.78, 5) is 12.5. The Bertz CT molecular complexity index is 999. The average Bonchev–Trinajstić information content (AvgIpc) is 2.57. The minimum Gasteiger partial charge on any atom is -0.497 e. The van der Waals surface area contributed by atoms with E-state index in [-0.39, 0.29) is 11.1 Å². The zero-order valence-corrected chi connectivity index (χ0v) is 14.0. The van der Waals surface area contributed by atoms with Gasteiger partial charge < -0.3 is 14.5 Å². The van der Waals surface area contributed by atoms with Crippen LogP contribution < -0.4 is 15.6 Å². The molecular weight excluding hydrogens is 351 g/mol. The number of carbonyl (C=O) groups excluding carboxylic acids is 1. The van der Waals surface area contributed by atoms with Crippen molar-refractivity contribution in [2.45, 2.75) is 0 Å². The van der Waals surface area contributed by atoms with E-state index < -0.39 is 5.91 Å². The zero-order chi connectivity index (χ0) is 17.3. The number of rotatable bonds is 3. The van der Waals surface area contributed by atoms with Crippen molar-refractivity contribution in [2.75, 3.05) is 12.4 Å². The quantitative estimate of drug-likeness (QED) is 0.721. The molecule has 122 valence electrons. The first-order valence-corrected chi connectivity index (χ1v) is 7.66. The Morgan fingerprint density at radius 2 is 1.96 bits per heavy atom. The number of hydrogen-bond acceptors (Lipinski definition) is 4. The van der Waals surface area contributed by atoms with E-state index in [4.69, 9.17) is 37.8 Å². The maximum atomic E-state index is 12.5. The molecular formula is C17H12Cl2N2O3. The summed E-state index contributed by atoms with van der Waals surface area (Å²) in [5.74, 6) is 0.109. The van der Waals surface area contributed by atoms with Crippen molar-refractivity contribution in [3.05, 3.63) is 63.6 Å². The molecule has 2 aromatic carbocycles. The van der Waals surface area contributed by atoms with Crippen LogP contribution in [0, 0.1) is 5.41 Å². The van der Waals surface area contributed by atoms with Crippen LogP contribution >= 0.6 is 23.2 Å². The molecule has 1 amide bonds. The number of hydrogen-bond donors (Lipinski definition) is 2. The SMILES string of the molecule is COc1ccc2oc(=N)c(C(=O)Nc3cc(Cl)ccc3Cl)cc2c1. The Hall–Kier alpha value is -2.50. The first-order valence-electron chi connectivity index (χ1n) is 6.91. The number of fused-ring (bicyclic) bond motifs is 1. The van der Waals surface area contributed by atoms with Crippen molar-refractivity contribution in [2.24, 2.45) is 0 Å². The summed E-state index contributed by atoms with van der Waals surface area (Å²) in [5.41, 5.74) is 0.674. The largest absolute Gasteiger partial charge is 0.497 e. The van der Waals surface area contributed by atoms with Gasteiger partial charge in [-0.15, -0.1) is 0 Å². The fourth-order valence-electron chi connectivity index (χ4n) is 2.20. The minimum atomic E-state index is -0.516. The Labute approximate surface area is 147 Å². The van der Waals surface area contributed by atoms with Crippen LogP contribution in [-0.2, 0) is 0 Å². The first kappa shape index (κ1) is 16.4. The Kier molecular flexibility index (Phi) is 4.46. The summed E-state index contributed by atoms with van der Waals surface area (Å²) in [6.45, 7) is 0. The van der Waals surface area contributed by atoms with E-state index in [2.05, 4.69) is 5.32 Å². The van der Waals surface area contributed by atoms with Crippen LogP contribution in [0.15, 0.2) is 46.9 Å². The van der Waals surface area contributed by atoms with E-state index >= 15 is 0 Å². The highest BCUT2D eigenvalue weighted by Crippen LogP contribution is 2.26. The van der Waals surface area contributed by atoms with Gasteiger partial charge in [0.25, 0.3) is 5.91 Å². The van der Waals surface area contributed by atoms with Gasteiger partial charge in [-0.3, -0.25) is 10.2 Å². The fourth-order valence-corrected chi connectivity index (χ4v) is 2.53. The van der Waals surface area contributed by atoms with Crippen LogP contribution in [0.4, 0.5) is 5.69 Å². The van der Waals surface area contributed by atoms with E-state index in [0.717, 1.165) is 0 Å². The molecule has 0 saturated carbocycles. The van der Waals surface area contributed by atoms with Crippen LogP contribution in [0.2, 0.25) is 10.0 Å². The van der Waals surface area contributed by atoms with E-state index in [1.165, 1.54) is 6.07 Å². The molecule has 0 spiro atoms. The second-order valence-corrected chi connectivity index (χ2v) is 5.81. The summed E-state index contributed by atoms with van der Waals surface area (Å²) < 4.78 is 10.6. The molecule has 1 heterocycles. The zero-order valence-electron chi connectivity index (χ0n) is 12.5. The lowest BCUT2D eigenvalue weighted by Crippen LogP contribution is -2.21. The summed E-state index contributed by atoms with van der Waals surface area (Å²) >= 11 is 12.0. The van der Waals surface area contributed by atoms with Crippen molar-refractivity contribution >= 4 is 45.8 Å². The highest BCUT2D eigenvalue weighted by Gasteiger charge is 2.14. The highest BCUT2D eigenvalue weighted by atomic mass is 35.5. The van der Waals surface area contributed by atoms with Crippen LogP contribution in [0.3, 0.4) is 0 Å². The molecule has 0 aliphatic carbocycles. The number of amides is 1. The van der Waals surface area contributed by atoms with Crippen LogP contribution in [0.5, 0.6) is 5.75 Å². The van der Waals surface area contributed by atoms with E-state index in [9.17, 15) is 4.79 Å². The van der Waals surface area contributed by atoms with Gasteiger partial charge in [-0.2, -0.15) is 0 Å². The lowest BCUT2D eigenvalue weighted by molar-refractivity contribution is 0.102. The van der Waals surface area contributed by atoms with Gasteiger partial charge in [0.2, 0.25) is 5.55 Å². The van der Waals surface area contributed by atoms with Crippen LogP contribution in [-0.4, -0.2) is 13.0 Å². The topological polar surface area (TPSA) is 75.3 Å². The monoisotopic (exact) mass is 362 g/mol. The molecule has 7 heteroatoms. The summed E-state index contributed by atoms with van der Waals surface area (Å²) in [6, 6.07) is 11.4. The molecule has 3 aromatic rings. The summed E-state index contributed by atoms with van der Waals surface area (Å²) in [6.07, 6.45) is 0. The molecule has 0 unspecified atom stereocenters. The van der Waals surface area contributed by atoms with Gasteiger partial charge in [-0.1, -0.05) is 23.2 Å². The Morgan fingerprint density at radius 3 is 2.71 bits per heavy atom. The third-order valence-corrected chi connectivity index (χ3v) is 3.96. The number of methoxy groups -OCH3 is 1. The van der Waals surface area contributed by atoms with Gasteiger partial charge in [0, 0.05) is 10.4 Å². The Morgan fingerprint density at radius 1 is 1.17 bits per heavy atom. The van der Waals surface area contributed by atoms with Gasteiger partial charge in [-0.05, 0) is 42.5 Å². The molecule has 1 aromatic heterocycles. The number of benzene rings is 2. The van der Waals surface area contributed by atoms with E-state index in [0.29, 0.717) is 32.5 Å². The molecule has 0 bridgehead atoms. The lowest BCUT2D eigenvalue weighted by Gasteiger charge is -2.08. The van der Waals surface area contributed by atoms with Gasteiger partial charge in [0.15, 0.2) is 0 Å². The number of ether oxygens (including phenoxy) is 1. The molecule has 2 N–H and O–H groups in total. The number of halogens is 2. The smallest absolute Gasteiger partial charge is 0.261 e. The second kappa shape index (κ2) is 6.55. The molecule has 0 aliphatic heterocycles. The maximum Gasteiger partial charge on any atom is 0.261 e. The first-order chi connectivity index (χ1) is 11.5. The fraction of sp³-hybridized carbons (Fsp3) is 0.0588. The van der Waals surface area contributed by atoms with Gasteiger partial charge in [-0.25, -0.2) is 0 Å². The molecule has 0 fully saturated rings. The number of nitrogens with one attached hydrogen (secondary N) is 2. The number of anilines is 1. The van der Waals surface area contributed by atoms with E-state index in [1.54, 1.807) is 43.5 Å². The predicted molar refractivity (Wildman–Crippen MR) is 93.0 cm³/mol. The minimum absolute atomic E-state index is 0.0757. The molecule has 24 heavy (non-hydrogen) atoms. The van der Waals surface area contributed by atoms with Crippen LogP contribution in [0.1, 0.15) is 10.4 Å². The average molecular weight is 363 g/mol. The second-order valence-electron chi connectivity index (χ2n) is 4.97. The third-order valence-electron chi connectivity index (χ3n) is 3.39. The Balaban J connectivity index is 2.01. The molecule has 5 nitrogen and oxygen atoms in total. The molecule has 0 saturated heterocycles. The van der Waals surface area contributed by atoms with Gasteiger partial charge >= 0.3 is 0 Å². The van der Waals surface area contributed by atoms with Crippen molar-refractivity contribution in [3.63, 3.8) is 0 Å². The van der Waals surface area contributed by atoms with Crippen molar-refractivity contribution < 1.29 is 13.9 Å². The standard InChI is InChI=1S/C17H12Cl2N2O3/c1-23-11-3-5-15-9(6-11)7-12(16(20)24-15)17(22)21-14-8-10(18)2-4-13(14)19/h2-8,20H,1H3,(H,21,22). The normalized spacial score (nSPS) is 10.6.